The highest BCUT2D eigenvalue weighted by Gasteiger charge is 2.26. The third-order valence-corrected chi connectivity index (χ3v) is 5.15. The summed E-state index contributed by atoms with van der Waals surface area (Å²) >= 11 is 0. The number of fused-ring (bicyclic) bond motifs is 1. The molecule has 1 aliphatic rings. The minimum absolute atomic E-state index is 0.221. The van der Waals surface area contributed by atoms with Crippen molar-refractivity contribution in [2.75, 3.05) is 21.3 Å². The smallest absolute Gasteiger partial charge is 0.253 e. The molecule has 1 atom stereocenters. The predicted molar refractivity (Wildman–Crippen MR) is 108 cm³/mol. The third-order valence-electron chi connectivity index (χ3n) is 5.15. The van der Waals surface area contributed by atoms with Crippen LogP contribution in [0.15, 0.2) is 30.7 Å². The van der Waals surface area contributed by atoms with Gasteiger partial charge in [-0.3, -0.25) is 4.79 Å². The SMILES string of the molecule is COc1cc(C(C)NC(=O)c2cnc3c(c2)ncn3C2CC2)cc(OC)c1OC. The maximum absolute atomic E-state index is 12.8. The van der Waals surface area contributed by atoms with Crippen LogP contribution in [0, 0.1) is 0 Å². The van der Waals surface area contributed by atoms with Gasteiger partial charge in [0.1, 0.15) is 5.52 Å². The molecule has 1 N–H and O–H groups in total. The van der Waals surface area contributed by atoms with E-state index in [-0.39, 0.29) is 11.9 Å². The van der Waals surface area contributed by atoms with Gasteiger partial charge in [0.25, 0.3) is 5.91 Å². The van der Waals surface area contributed by atoms with Crippen LogP contribution in [-0.4, -0.2) is 41.8 Å². The summed E-state index contributed by atoms with van der Waals surface area (Å²) in [6, 6.07) is 5.64. The zero-order valence-electron chi connectivity index (χ0n) is 16.9. The number of amides is 1. The first-order valence-electron chi connectivity index (χ1n) is 9.49. The van der Waals surface area contributed by atoms with Crippen LogP contribution in [0.2, 0.25) is 0 Å². The maximum Gasteiger partial charge on any atom is 0.253 e. The van der Waals surface area contributed by atoms with Crippen molar-refractivity contribution >= 4 is 17.1 Å². The molecule has 4 rings (SSSR count). The van der Waals surface area contributed by atoms with Crippen molar-refractivity contribution in [1.82, 2.24) is 19.9 Å². The van der Waals surface area contributed by atoms with Crippen molar-refractivity contribution in [3.8, 4) is 17.2 Å². The fraction of sp³-hybridized carbons (Fsp3) is 0.381. The number of hydrogen-bond donors (Lipinski definition) is 1. The summed E-state index contributed by atoms with van der Waals surface area (Å²) in [5.74, 6) is 1.37. The van der Waals surface area contributed by atoms with Crippen molar-refractivity contribution in [3.05, 3.63) is 41.9 Å². The maximum atomic E-state index is 12.8. The first kappa shape index (κ1) is 19.0. The van der Waals surface area contributed by atoms with Gasteiger partial charge >= 0.3 is 0 Å². The molecule has 29 heavy (non-hydrogen) atoms. The highest BCUT2D eigenvalue weighted by Crippen LogP contribution is 2.40. The predicted octanol–water partition coefficient (Wildman–Crippen LogP) is 3.28. The van der Waals surface area contributed by atoms with Gasteiger partial charge in [0.2, 0.25) is 5.75 Å². The van der Waals surface area contributed by atoms with Gasteiger partial charge in [0.15, 0.2) is 17.1 Å². The zero-order chi connectivity index (χ0) is 20.5. The van der Waals surface area contributed by atoms with E-state index in [1.54, 1.807) is 39.9 Å². The topological polar surface area (TPSA) is 87.5 Å². The normalized spacial score (nSPS) is 14.5. The Kier molecular flexibility index (Phi) is 5.00. The quantitative estimate of drug-likeness (QED) is 0.659. The Morgan fingerprint density at radius 2 is 1.79 bits per heavy atom. The van der Waals surface area contributed by atoms with E-state index in [1.807, 2.05) is 19.1 Å². The Morgan fingerprint density at radius 1 is 1.10 bits per heavy atom. The van der Waals surface area contributed by atoms with Crippen LogP contribution in [0.5, 0.6) is 17.2 Å². The summed E-state index contributed by atoms with van der Waals surface area (Å²) in [5, 5.41) is 2.99. The van der Waals surface area contributed by atoms with Crippen molar-refractivity contribution in [2.45, 2.75) is 31.8 Å². The molecule has 2 heterocycles. The molecule has 1 saturated carbocycles. The summed E-state index contributed by atoms with van der Waals surface area (Å²) in [6.07, 6.45) is 5.71. The molecule has 0 saturated heterocycles. The zero-order valence-corrected chi connectivity index (χ0v) is 16.9. The van der Waals surface area contributed by atoms with Crippen LogP contribution in [-0.2, 0) is 0 Å². The molecule has 1 amide bonds. The fourth-order valence-corrected chi connectivity index (χ4v) is 3.38. The summed E-state index contributed by atoms with van der Waals surface area (Å²) in [6.45, 7) is 1.90. The summed E-state index contributed by atoms with van der Waals surface area (Å²) in [5.41, 5.74) is 2.85. The summed E-state index contributed by atoms with van der Waals surface area (Å²) < 4.78 is 18.2. The number of aromatic nitrogens is 3. The van der Waals surface area contributed by atoms with E-state index in [0.29, 0.717) is 28.9 Å². The lowest BCUT2D eigenvalue weighted by Crippen LogP contribution is -2.26. The van der Waals surface area contributed by atoms with Crippen LogP contribution in [0.1, 0.15) is 47.8 Å². The van der Waals surface area contributed by atoms with Gasteiger partial charge in [0.05, 0.1) is 39.3 Å². The van der Waals surface area contributed by atoms with Crippen molar-refractivity contribution in [1.29, 1.82) is 0 Å². The number of imidazole rings is 1. The number of carbonyl (C=O) groups is 1. The molecule has 1 aromatic carbocycles. The van der Waals surface area contributed by atoms with E-state index in [4.69, 9.17) is 14.2 Å². The molecule has 1 unspecified atom stereocenters. The Balaban J connectivity index is 1.55. The van der Waals surface area contributed by atoms with Gasteiger partial charge in [0, 0.05) is 12.2 Å². The molecule has 3 aromatic rings. The highest BCUT2D eigenvalue weighted by atomic mass is 16.5. The molecule has 1 aliphatic carbocycles. The van der Waals surface area contributed by atoms with E-state index in [9.17, 15) is 4.79 Å². The lowest BCUT2D eigenvalue weighted by Gasteiger charge is -2.18. The van der Waals surface area contributed by atoms with Crippen LogP contribution >= 0.6 is 0 Å². The van der Waals surface area contributed by atoms with E-state index < -0.39 is 0 Å². The van der Waals surface area contributed by atoms with Crippen LogP contribution < -0.4 is 19.5 Å². The van der Waals surface area contributed by atoms with Crippen LogP contribution in [0.25, 0.3) is 11.2 Å². The van der Waals surface area contributed by atoms with Gasteiger partial charge < -0.3 is 24.1 Å². The number of carbonyl (C=O) groups excluding carboxylic acids is 1. The molecule has 2 aromatic heterocycles. The molecule has 8 heteroatoms. The van der Waals surface area contributed by atoms with Gasteiger partial charge in [-0.05, 0) is 43.5 Å². The van der Waals surface area contributed by atoms with Crippen molar-refractivity contribution in [3.63, 3.8) is 0 Å². The summed E-state index contributed by atoms with van der Waals surface area (Å²) in [7, 11) is 4.68. The Labute approximate surface area is 168 Å². The Morgan fingerprint density at radius 3 is 2.38 bits per heavy atom. The van der Waals surface area contributed by atoms with E-state index in [0.717, 1.165) is 29.6 Å². The van der Waals surface area contributed by atoms with Gasteiger partial charge in [-0.2, -0.15) is 0 Å². The van der Waals surface area contributed by atoms with E-state index in [1.165, 1.54) is 0 Å². The Bertz CT molecular complexity index is 1030. The third kappa shape index (κ3) is 3.57. The van der Waals surface area contributed by atoms with E-state index >= 15 is 0 Å². The average molecular weight is 396 g/mol. The second-order valence-corrected chi connectivity index (χ2v) is 7.10. The molecule has 1 fully saturated rings. The lowest BCUT2D eigenvalue weighted by molar-refractivity contribution is 0.0939. The van der Waals surface area contributed by atoms with Crippen LogP contribution in [0.4, 0.5) is 0 Å². The highest BCUT2D eigenvalue weighted by molar-refractivity contribution is 5.96. The van der Waals surface area contributed by atoms with Crippen molar-refractivity contribution < 1.29 is 19.0 Å². The van der Waals surface area contributed by atoms with Gasteiger partial charge in [-0.25, -0.2) is 9.97 Å². The monoisotopic (exact) mass is 396 g/mol. The average Bonchev–Trinajstić information content (AvgIpc) is 3.50. The first-order chi connectivity index (χ1) is 14.0. The molecule has 0 radical (unpaired) electrons. The largest absolute Gasteiger partial charge is 0.493 e. The minimum atomic E-state index is -0.282. The molecular weight excluding hydrogens is 372 g/mol. The second kappa shape index (κ2) is 7.62. The molecule has 8 nitrogen and oxygen atoms in total. The number of benzene rings is 1. The molecule has 0 spiro atoms. The first-order valence-corrected chi connectivity index (χ1v) is 9.49. The number of nitrogens with one attached hydrogen (secondary N) is 1. The molecule has 0 bridgehead atoms. The lowest BCUT2D eigenvalue weighted by atomic mass is 10.1. The standard InChI is InChI=1S/C21H24N4O4/c1-12(13-8-17(27-2)19(29-4)18(9-13)28-3)24-21(26)14-7-16-20(22-10-14)25(11-23-16)15-5-6-15/h7-12,15H,5-6H2,1-4H3,(H,24,26). The number of rotatable bonds is 7. The number of nitrogens with zero attached hydrogens (tertiary/aromatic N) is 3. The van der Waals surface area contributed by atoms with Crippen molar-refractivity contribution in [2.24, 2.45) is 0 Å². The minimum Gasteiger partial charge on any atom is -0.493 e. The Hall–Kier alpha value is -3.29. The summed E-state index contributed by atoms with van der Waals surface area (Å²) in [4.78, 5) is 21.6. The number of methoxy groups -OCH3 is 3. The van der Waals surface area contributed by atoms with E-state index in [2.05, 4.69) is 19.9 Å². The molecule has 152 valence electrons. The van der Waals surface area contributed by atoms with Crippen LogP contribution in [0.3, 0.4) is 0 Å². The number of ether oxygens (including phenoxy) is 3. The number of pyridine rings is 1. The van der Waals surface area contributed by atoms with Gasteiger partial charge in [-0.15, -0.1) is 0 Å². The molecular formula is C21H24N4O4. The number of hydrogen-bond acceptors (Lipinski definition) is 6. The fourth-order valence-electron chi connectivity index (χ4n) is 3.38. The molecule has 0 aliphatic heterocycles. The van der Waals surface area contributed by atoms with Gasteiger partial charge in [-0.1, -0.05) is 0 Å². The second-order valence-electron chi connectivity index (χ2n) is 7.10.